The van der Waals surface area contributed by atoms with Gasteiger partial charge in [-0.3, -0.25) is 4.90 Å². The fourth-order valence-corrected chi connectivity index (χ4v) is 1.96. The Kier molecular flexibility index (Phi) is 2.39. The molecule has 2 bridgehead atoms. The molecule has 2 heterocycles. The van der Waals surface area contributed by atoms with Crippen molar-refractivity contribution in [2.24, 2.45) is 0 Å². The van der Waals surface area contributed by atoms with Gasteiger partial charge in [-0.15, -0.1) is 0 Å². The normalized spacial score (nSPS) is 34.7. The summed E-state index contributed by atoms with van der Waals surface area (Å²) in [7, 11) is 0. The lowest BCUT2D eigenvalue weighted by Crippen LogP contribution is -2.45. The third-order valence-electron chi connectivity index (χ3n) is 2.66. The van der Waals surface area contributed by atoms with Crippen LogP contribution in [-0.2, 0) is 9.47 Å². The summed E-state index contributed by atoms with van der Waals surface area (Å²) in [5, 5.41) is 9.67. The maximum absolute atomic E-state index is 11.7. The first-order valence-electron chi connectivity index (χ1n) is 5.18. The van der Waals surface area contributed by atoms with Gasteiger partial charge in [0, 0.05) is 0 Å². The molecule has 2 aliphatic heterocycles. The Morgan fingerprint density at radius 2 is 2.20 bits per heavy atom. The largest absolute Gasteiger partial charge is 0.444 e. The SMILES string of the molecule is CC(C)(C)OC(=O)N1C[C@H]2OCC1[C@@H]2O. The van der Waals surface area contributed by atoms with Crippen LogP contribution in [-0.4, -0.2) is 53.1 Å². The van der Waals surface area contributed by atoms with E-state index in [0.29, 0.717) is 13.2 Å². The molecule has 0 aromatic heterocycles. The van der Waals surface area contributed by atoms with Crippen LogP contribution in [0.4, 0.5) is 4.79 Å². The van der Waals surface area contributed by atoms with E-state index in [1.54, 1.807) is 4.90 Å². The standard InChI is InChI=1S/C10H17NO4/c1-10(2,3)15-9(13)11-4-7-8(12)6(11)5-14-7/h6-8,12H,4-5H2,1-3H3/t6?,7-,8+/m1/s1. The van der Waals surface area contributed by atoms with E-state index >= 15 is 0 Å². The minimum Gasteiger partial charge on any atom is -0.444 e. The number of hydrogen-bond donors (Lipinski definition) is 1. The Morgan fingerprint density at radius 1 is 1.53 bits per heavy atom. The number of likely N-dealkylation sites (tertiary alicyclic amines) is 1. The molecule has 5 heteroatoms. The van der Waals surface area contributed by atoms with E-state index in [0.717, 1.165) is 0 Å². The quantitative estimate of drug-likeness (QED) is 0.634. The van der Waals surface area contributed by atoms with Crippen molar-refractivity contribution in [2.45, 2.75) is 44.6 Å². The molecule has 5 nitrogen and oxygen atoms in total. The van der Waals surface area contributed by atoms with Crippen LogP contribution >= 0.6 is 0 Å². The van der Waals surface area contributed by atoms with Crippen molar-refractivity contribution < 1.29 is 19.4 Å². The van der Waals surface area contributed by atoms with Gasteiger partial charge in [-0.1, -0.05) is 0 Å². The molecule has 15 heavy (non-hydrogen) atoms. The maximum atomic E-state index is 11.7. The van der Waals surface area contributed by atoms with Crippen molar-refractivity contribution in [1.82, 2.24) is 4.90 Å². The zero-order valence-electron chi connectivity index (χ0n) is 9.27. The van der Waals surface area contributed by atoms with Crippen LogP contribution in [0.25, 0.3) is 0 Å². The number of fused-ring (bicyclic) bond motifs is 2. The number of carbonyl (C=O) groups is 1. The Labute approximate surface area is 89.0 Å². The Balaban J connectivity index is 1.99. The number of carbonyl (C=O) groups excluding carboxylic acids is 1. The summed E-state index contributed by atoms with van der Waals surface area (Å²) in [6.45, 7) is 6.32. The Morgan fingerprint density at radius 3 is 2.60 bits per heavy atom. The molecule has 0 saturated carbocycles. The molecule has 0 aromatic rings. The summed E-state index contributed by atoms with van der Waals surface area (Å²) in [6, 6.07) is -0.232. The molecule has 1 amide bonds. The van der Waals surface area contributed by atoms with Crippen LogP contribution in [0.5, 0.6) is 0 Å². The number of aliphatic hydroxyl groups excluding tert-OH is 1. The molecule has 3 atom stereocenters. The lowest BCUT2D eigenvalue weighted by atomic mass is 10.2. The first kappa shape index (κ1) is 10.7. The molecule has 2 fully saturated rings. The van der Waals surface area contributed by atoms with Gasteiger partial charge in [0.2, 0.25) is 0 Å². The molecule has 2 saturated heterocycles. The highest BCUT2D eigenvalue weighted by molar-refractivity contribution is 5.69. The van der Waals surface area contributed by atoms with E-state index < -0.39 is 11.7 Å². The van der Waals surface area contributed by atoms with E-state index in [-0.39, 0.29) is 18.2 Å². The average Bonchev–Trinajstić information content (AvgIpc) is 2.59. The second kappa shape index (κ2) is 3.35. The minimum absolute atomic E-state index is 0.232. The van der Waals surface area contributed by atoms with Crippen LogP contribution in [0, 0.1) is 0 Å². The molecule has 2 rings (SSSR count). The van der Waals surface area contributed by atoms with Crippen LogP contribution < -0.4 is 0 Å². The number of nitrogens with zero attached hydrogens (tertiary/aromatic N) is 1. The van der Waals surface area contributed by atoms with Crippen molar-refractivity contribution in [3.63, 3.8) is 0 Å². The molecule has 0 aromatic carbocycles. The number of aliphatic hydroxyl groups is 1. The highest BCUT2D eigenvalue weighted by Gasteiger charge is 2.50. The second-order valence-electron chi connectivity index (χ2n) is 5.06. The van der Waals surface area contributed by atoms with Crippen molar-refractivity contribution in [3.05, 3.63) is 0 Å². The van der Waals surface area contributed by atoms with Crippen molar-refractivity contribution in [1.29, 1.82) is 0 Å². The molecule has 0 radical (unpaired) electrons. The van der Waals surface area contributed by atoms with Gasteiger partial charge in [0.1, 0.15) is 17.8 Å². The molecular weight excluding hydrogens is 198 g/mol. The second-order valence-corrected chi connectivity index (χ2v) is 5.06. The van der Waals surface area contributed by atoms with Crippen molar-refractivity contribution in [3.8, 4) is 0 Å². The van der Waals surface area contributed by atoms with Gasteiger partial charge in [0.15, 0.2) is 0 Å². The number of rotatable bonds is 0. The molecule has 86 valence electrons. The molecule has 0 aliphatic carbocycles. The fourth-order valence-electron chi connectivity index (χ4n) is 1.96. The minimum atomic E-state index is -0.558. The molecular formula is C10H17NO4. The van der Waals surface area contributed by atoms with Gasteiger partial charge in [-0.05, 0) is 20.8 Å². The highest BCUT2D eigenvalue weighted by Crippen LogP contribution is 2.29. The van der Waals surface area contributed by atoms with Crippen molar-refractivity contribution >= 4 is 6.09 Å². The molecule has 0 spiro atoms. The third-order valence-corrected chi connectivity index (χ3v) is 2.66. The van der Waals surface area contributed by atoms with Gasteiger partial charge in [0.05, 0.1) is 19.2 Å². The predicted octanol–water partition coefficient (Wildman–Crippen LogP) is 0.365. The molecule has 1 N–H and O–H groups in total. The summed E-state index contributed by atoms with van der Waals surface area (Å²) in [4.78, 5) is 13.3. The number of amides is 1. The number of hydrogen-bond acceptors (Lipinski definition) is 4. The van der Waals surface area contributed by atoms with E-state index in [1.165, 1.54) is 0 Å². The smallest absolute Gasteiger partial charge is 0.410 e. The average molecular weight is 215 g/mol. The lowest BCUT2D eigenvalue weighted by molar-refractivity contribution is -0.00922. The van der Waals surface area contributed by atoms with Gasteiger partial charge in [-0.25, -0.2) is 4.79 Å². The first-order valence-corrected chi connectivity index (χ1v) is 5.18. The third kappa shape index (κ3) is 1.94. The van der Waals surface area contributed by atoms with E-state index in [4.69, 9.17) is 9.47 Å². The van der Waals surface area contributed by atoms with E-state index in [9.17, 15) is 9.90 Å². The van der Waals surface area contributed by atoms with Gasteiger partial charge in [-0.2, -0.15) is 0 Å². The van der Waals surface area contributed by atoms with Crippen LogP contribution in [0.1, 0.15) is 20.8 Å². The van der Waals surface area contributed by atoms with Gasteiger partial charge < -0.3 is 14.6 Å². The first-order chi connectivity index (χ1) is 6.88. The zero-order chi connectivity index (χ0) is 11.2. The van der Waals surface area contributed by atoms with Crippen LogP contribution in [0.15, 0.2) is 0 Å². The topological polar surface area (TPSA) is 59.0 Å². The summed E-state index contributed by atoms with van der Waals surface area (Å²) in [5.41, 5.74) is -0.495. The summed E-state index contributed by atoms with van der Waals surface area (Å²) in [5.74, 6) is 0. The molecule has 2 aliphatic rings. The molecule has 1 unspecified atom stereocenters. The van der Waals surface area contributed by atoms with E-state index in [2.05, 4.69) is 0 Å². The summed E-state index contributed by atoms with van der Waals surface area (Å²) >= 11 is 0. The number of morpholine rings is 1. The van der Waals surface area contributed by atoms with Crippen LogP contribution in [0.3, 0.4) is 0 Å². The Hall–Kier alpha value is -0.810. The van der Waals surface area contributed by atoms with Crippen molar-refractivity contribution in [2.75, 3.05) is 13.2 Å². The van der Waals surface area contributed by atoms with Gasteiger partial charge in [0.25, 0.3) is 0 Å². The zero-order valence-corrected chi connectivity index (χ0v) is 9.27. The fraction of sp³-hybridized carbons (Fsp3) is 0.900. The van der Waals surface area contributed by atoms with E-state index in [1.807, 2.05) is 20.8 Å². The van der Waals surface area contributed by atoms with Gasteiger partial charge >= 0.3 is 6.09 Å². The number of ether oxygens (including phenoxy) is 2. The predicted molar refractivity (Wildman–Crippen MR) is 52.5 cm³/mol. The maximum Gasteiger partial charge on any atom is 0.410 e. The summed E-state index contributed by atoms with van der Waals surface area (Å²) < 4.78 is 10.5. The summed E-state index contributed by atoms with van der Waals surface area (Å²) in [6.07, 6.45) is -1.16. The monoisotopic (exact) mass is 215 g/mol. The lowest BCUT2D eigenvalue weighted by Gasteiger charge is -2.29. The Bertz CT molecular complexity index is 273. The highest BCUT2D eigenvalue weighted by atomic mass is 16.6. The van der Waals surface area contributed by atoms with Crippen LogP contribution in [0.2, 0.25) is 0 Å².